The molecule has 0 bridgehead atoms. The maximum absolute atomic E-state index is 0. The molecule has 0 aliphatic rings. The summed E-state index contributed by atoms with van der Waals surface area (Å²) in [5.74, 6) is 0. The fourth-order valence-corrected chi connectivity index (χ4v) is 0. The molecule has 0 radical (unpaired) electrons. The van der Waals surface area contributed by atoms with Gasteiger partial charge in [0.05, 0.1) is 0 Å². The molecular weight excluding hydrogens is 123 g/mol. The Kier molecular flexibility index (Phi) is 3420. The van der Waals surface area contributed by atoms with Crippen LogP contribution in [0.3, 0.4) is 0 Å². The first-order valence-electron chi connectivity index (χ1n) is 0. The maximum Gasteiger partial charge on any atom is 2.00 e. The van der Waals surface area contributed by atoms with Gasteiger partial charge in [0.25, 0.3) is 0 Å². The molecule has 0 aromatic carbocycles. The first-order valence-corrected chi connectivity index (χ1v) is 0. The van der Waals surface area contributed by atoms with Crippen LogP contribution in [-0.2, 0) is 16.5 Å². The molecule has 0 N–H and O–H groups in total. The summed E-state index contributed by atoms with van der Waals surface area (Å²) in [5.41, 5.74) is 0. The predicted octanol–water partition coefficient (Wildman–Crippen LogP) is -12.0. The van der Waals surface area contributed by atoms with Gasteiger partial charge in [-0.2, -0.15) is 0 Å². The van der Waals surface area contributed by atoms with Crippen molar-refractivity contribution in [3.05, 3.63) is 0 Å². The van der Waals surface area contributed by atoms with Crippen LogP contribution >= 0.6 is 0 Å². The van der Waals surface area contributed by atoms with Gasteiger partial charge in [0, 0.05) is 0 Å². The number of hydrogen-bond donors (Lipinski definition) is 0. The second-order valence-corrected chi connectivity index (χ2v) is 0. The molecule has 5 heteroatoms. The largest absolute Gasteiger partial charge is 2.00 e. The number of hydrogen-bond acceptors (Lipinski definition) is 0. The molecule has 0 saturated carbocycles. The summed E-state index contributed by atoms with van der Waals surface area (Å²) < 4.78 is 0. The zero-order chi connectivity index (χ0) is 0. The van der Waals surface area contributed by atoms with Gasteiger partial charge in [-0.1, -0.05) is 0 Å². The molecule has 0 unspecified atom stereocenters. The van der Waals surface area contributed by atoms with Gasteiger partial charge >= 0.3 is 35.4 Å². The minimum atomic E-state index is 0. The van der Waals surface area contributed by atoms with Crippen molar-refractivity contribution in [2.75, 3.05) is 0 Å². The maximum atomic E-state index is 0. The molecule has 0 amide bonds. The quantitative estimate of drug-likeness (QED) is 0.280. The van der Waals surface area contributed by atoms with Gasteiger partial charge in [0.15, 0.2) is 0 Å². The smallest absolute Gasteiger partial charge is 1.00 e. The summed E-state index contributed by atoms with van der Waals surface area (Å²) in [6.07, 6.45) is 0. The van der Waals surface area contributed by atoms with Crippen molar-refractivity contribution in [3.63, 3.8) is 0 Å². The molecule has 0 aromatic rings. The fraction of sp³-hybridized carbons (Fsp3) is 0. The van der Waals surface area contributed by atoms with Crippen LogP contribution in [0.4, 0.5) is 0 Å². The van der Waals surface area contributed by atoms with Crippen molar-refractivity contribution < 1.29 is 49.5 Å². The second kappa shape index (κ2) is 94.7. The molecule has 0 fully saturated rings. The molecule has 0 nitrogen and oxygen atoms in total. The normalized spacial score (nSPS) is 0. The predicted molar refractivity (Wildman–Crippen MR) is 0 cm³/mol. The zero-order valence-electron chi connectivity index (χ0n) is 2.45. The zero-order valence-corrected chi connectivity index (χ0v) is 3.44. The Labute approximate surface area is 49.9 Å². The fourth-order valence-electron chi connectivity index (χ4n) is 0. The Hall–Kier alpha value is 0.881. The van der Waals surface area contributed by atoms with Crippen LogP contribution in [0, 0.1) is 0 Å². The monoisotopic (exact) mass is 122 g/mol. The van der Waals surface area contributed by atoms with E-state index in [1.165, 1.54) is 0 Å². The van der Waals surface area contributed by atoms with E-state index in [0.29, 0.717) is 0 Å². The Morgan fingerprint density at radius 1 is 0.600 bits per heavy atom. The van der Waals surface area contributed by atoms with Crippen molar-refractivity contribution in [2.24, 2.45) is 0 Å². The van der Waals surface area contributed by atoms with E-state index in [0.717, 1.165) is 0 Å². The van der Waals surface area contributed by atoms with E-state index < -0.39 is 0 Å². The summed E-state index contributed by atoms with van der Waals surface area (Å²) in [6.45, 7) is 0. The molecule has 0 spiro atoms. The summed E-state index contributed by atoms with van der Waals surface area (Å²) in [4.78, 5) is 0. The molecule has 0 aliphatic heterocycles. The Balaban J connectivity index is 0. The average molecular weight is 123 g/mol. The third-order valence-corrected chi connectivity index (χ3v) is 0. The molecular formula is F3LiNi. The van der Waals surface area contributed by atoms with Gasteiger partial charge in [0.1, 0.15) is 0 Å². The minimum Gasteiger partial charge on any atom is -1.00 e. The van der Waals surface area contributed by atoms with E-state index in [1.54, 1.807) is 0 Å². The standard InChI is InChI=1S/3FH.Li.Ni/h3*1H;;/q;;;+1;+2/p-3. The van der Waals surface area contributed by atoms with Crippen LogP contribution in [0.15, 0.2) is 0 Å². The number of halogens is 3. The van der Waals surface area contributed by atoms with E-state index >= 15 is 0 Å². The third-order valence-electron chi connectivity index (χ3n) is 0. The van der Waals surface area contributed by atoms with Crippen molar-refractivity contribution in [2.45, 2.75) is 0 Å². The molecule has 0 aromatic heterocycles. The van der Waals surface area contributed by atoms with Crippen molar-refractivity contribution in [1.29, 1.82) is 0 Å². The third kappa shape index (κ3) is 52.2. The van der Waals surface area contributed by atoms with Gasteiger partial charge in [-0.3, -0.25) is 0 Å². The van der Waals surface area contributed by atoms with Crippen LogP contribution in [0.1, 0.15) is 0 Å². The summed E-state index contributed by atoms with van der Waals surface area (Å²) in [6, 6.07) is 0. The molecule has 0 aliphatic carbocycles. The summed E-state index contributed by atoms with van der Waals surface area (Å²) >= 11 is 0. The van der Waals surface area contributed by atoms with Crippen LogP contribution in [0.5, 0.6) is 0 Å². The summed E-state index contributed by atoms with van der Waals surface area (Å²) in [7, 11) is 0. The molecule has 5 heavy (non-hydrogen) atoms. The van der Waals surface area contributed by atoms with Gasteiger partial charge in [-0.05, 0) is 0 Å². The van der Waals surface area contributed by atoms with Crippen molar-refractivity contribution in [1.82, 2.24) is 0 Å². The van der Waals surface area contributed by atoms with Crippen LogP contribution in [0.25, 0.3) is 0 Å². The summed E-state index contributed by atoms with van der Waals surface area (Å²) in [5, 5.41) is 0. The topological polar surface area (TPSA) is 0 Å². The van der Waals surface area contributed by atoms with E-state index in [2.05, 4.69) is 0 Å². The van der Waals surface area contributed by atoms with Crippen LogP contribution < -0.4 is 33.0 Å². The molecule has 0 saturated heterocycles. The molecule has 0 heterocycles. The van der Waals surface area contributed by atoms with Crippen LogP contribution in [0.2, 0.25) is 0 Å². The Morgan fingerprint density at radius 2 is 0.600 bits per heavy atom. The molecule has 32 valence electrons. The SMILES string of the molecule is [F-].[F-].[F-].[Li+].[Ni+2]. The number of rotatable bonds is 0. The van der Waals surface area contributed by atoms with Crippen molar-refractivity contribution in [3.8, 4) is 0 Å². The Morgan fingerprint density at radius 3 is 0.600 bits per heavy atom. The van der Waals surface area contributed by atoms with Gasteiger partial charge < -0.3 is 14.1 Å². The first-order chi connectivity index (χ1) is 0. The molecule has 0 atom stereocenters. The van der Waals surface area contributed by atoms with E-state index in [4.69, 9.17) is 0 Å². The first kappa shape index (κ1) is 181. The van der Waals surface area contributed by atoms with E-state index in [-0.39, 0.29) is 49.5 Å². The van der Waals surface area contributed by atoms with E-state index in [1.807, 2.05) is 0 Å². The van der Waals surface area contributed by atoms with Crippen LogP contribution in [-0.4, -0.2) is 0 Å². The Bertz CT molecular complexity index is 6.85. The van der Waals surface area contributed by atoms with Gasteiger partial charge in [-0.25, -0.2) is 0 Å². The average Bonchev–Trinajstić information content (AvgIpc) is 0. The molecule has 0 rings (SSSR count). The second-order valence-electron chi connectivity index (χ2n) is 0. The van der Waals surface area contributed by atoms with E-state index in [9.17, 15) is 0 Å². The minimum absolute atomic E-state index is 0. The van der Waals surface area contributed by atoms with Gasteiger partial charge in [-0.15, -0.1) is 0 Å². The van der Waals surface area contributed by atoms with Gasteiger partial charge in [0.2, 0.25) is 0 Å². The van der Waals surface area contributed by atoms with Crippen molar-refractivity contribution >= 4 is 0 Å².